The molecule has 1 aliphatic rings. The molecule has 156 valence electrons. The number of nitrogens with zero attached hydrogens (tertiary/aromatic N) is 1. The van der Waals surface area contributed by atoms with Gasteiger partial charge in [-0.25, -0.2) is 0 Å². The van der Waals surface area contributed by atoms with Gasteiger partial charge in [0.15, 0.2) is 11.5 Å². The lowest BCUT2D eigenvalue weighted by atomic mass is 10.1. The second-order valence-corrected chi connectivity index (χ2v) is 8.46. The molecule has 29 heavy (non-hydrogen) atoms. The number of amides is 1. The first-order chi connectivity index (χ1) is 14.1. The minimum absolute atomic E-state index is 0.00416. The summed E-state index contributed by atoms with van der Waals surface area (Å²) in [7, 11) is 3.24. The van der Waals surface area contributed by atoms with Crippen molar-refractivity contribution >= 4 is 23.4 Å². The molecular weight excluding hydrogens is 384 g/mol. The average Bonchev–Trinajstić information content (AvgIpc) is 2.75. The molecule has 1 fully saturated rings. The third kappa shape index (κ3) is 5.90. The number of para-hydroxylation sites is 1. The maximum absolute atomic E-state index is 12.6. The van der Waals surface area contributed by atoms with Crippen LogP contribution in [0.2, 0.25) is 0 Å². The van der Waals surface area contributed by atoms with Crippen molar-refractivity contribution in [3.8, 4) is 11.5 Å². The molecular formula is C23H30N2O3S. The summed E-state index contributed by atoms with van der Waals surface area (Å²) in [5.74, 6) is 3.78. The Bertz CT molecular complexity index is 835. The summed E-state index contributed by atoms with van der Waals surface area (Å²) in [5.41, 5.74) is 4.19. The molecule has 0 radical (unpaired) electrons. The quantitative estimate of drug-likeness (QED) is 0.704. The Morgan fingerprint density at radius 2 is 1.93 bits per heavy atom. The molecule has 1 N–H and O–H groups in total. The van der Waals surface area contributed by atoms with Gasteiger partial charge in [0, 0.05) is 43.2 Å². The number of ether oxygens (including phenoxy) is 2. The number of benzene rings is 2. The molecule has 5 nitrogen and oxygen atoms in total. The average molecular weight is 415 g/mol. The van der Waals surface area contributed by atoms with E-state index < -0.39 is 0 Å². The Balaban J connectivity index is 1.61. The van der Waals surface area contributed by atoms with Crippen LogP contribution in [-0.2, 0) is 17.8 Å². The molecule has 0 unspecified atom stereocenters. The number of rotatable bonds is 8. The van der Waals surface area contributed by atoms with Crippen LogP contribution >= 0.6 is 11.8 Å². The third-order valence-electron chi connectivity index (χ3n) is 5.19. The Hall–Kier alpha value is -2.18. The van der Waals surface area contributed by atoms with Crippen LogP contribution in [0.4, 0.5) is 5.69 Å². The zero-order valence-electron chi connectivity index (χ0n) is 17.5. The molecule has 2 aromatic carbocycles. The molecule has 0 spiro atoms. The van der Waals surface area contributed by atoms with Gasteiger partial charge in [0.25, 0.3) is 0 Å². The van der Waals surface area contributed by atoms with Gasteiger partial charge in [0.05, 0.1) is 14.2 Å². The van der Waals surface area contributed by atoms with Crippen LogP contribution in [0.1, 0.15) is 23.1 Å². The number of nitrogens with one attached hydrogen (secondary N) is 1. The van der Waals surface area contributed by atoms with Gasteiger partial charge in [-0.2, -0.15) is 11.8 Å². The Morgan fingerprint density at radius 1 is 1.14 bits per heavy atom. The topological polar surface area (TPSA) is 50.8 Å². The first-order valence-electron chi connectivity index (χ1n) is 10.00. The molecule has 3 rings (SSSR count). The van der Waals surface area contributed by atoms with Gasteiger partial charge >= 0.3 is 0 Å². The first kappa shape index (κ1) is 21.5. The van der Waals surface area contributed by atoms with Crippen molar-refractivity contribution in [2.45, 2.75) is 26.3 Å². The van der Waals surface area contributed by atoms with Crippen LogP contribution in [-0.4, -0.2) is 49.6 Å². The van der Waals surface area contributed by atoms with E-state index in [-0.39, 0.29) is 5.91 Å². The van der Waals surface area contributed by atoms with Crippen molar-refractivity contribution < 1.29 is 14.3 Å². The van der Waals surface area contributed by atoms with Crippen LogP contribution in [0.5, 0.6) is 11.5 Å². The number of thioether (sulfide) groups is 1. The Morgan fingerprint density at radius 3 is 2.66 bits per heavy atom. The fourth-order valence-corrected chi connectivity index (χ4v) is 4.51. The lowest BCUT2D eigenvalue weighted by Crippen LogP contribution is -2.32. The highest BCUT2D eigenvalue weighted by atomic mass is 32.2. The van der Waals surface area contributed by atoms with Crippen molar-refractivity contribution in [2.24, 2.45) is 0 Å². The van der Waals surface area contributed by atoms with Crippen molar-refractivity contribution in [1.29, 1.82) is 0 Å². The van der Waals surface area contributed by atoms with Gasteiger partial charge in [-0.1, -0.05) is 24.3 Å². The molecule has 0 saturated carbocycles. The van der Waals surface area contributed by atoms with E-state index in [0.717, 1.165) is 36.4 Å². The molecule has 2 aromatic rings. The number of carbonyl (C=O) groups is 1. The summed E-state index contributed by atoms with van der Waals surface area (Å²) in [6.45, 7) is 5.22. The van der Waals surface area contributed by atoms with Crippen molar-refractivity contribution in [3.63, 3.8) is 0 Å². The molecule has 1 saturated heterocycles. The monoisotopic (exact) mass is 414 g/mol. The summed E-state index contributed by atoms with van der Waals surface area (Å²) in [4.78, 5) is 15.1. The molecule has 1 aliphatic heterocycles. The highest BCUT2D eigenvalue weighted by molar-refractivity contribution is 7.99. The van der Waals surface area contributed by atoms with E-state index in [1.807, 2.05) is 36.9 Å². The minimum atomic E-state index is 0.00416. The second-order valence-electron chi connectivity index (χ2n) is 7.24. The van der Waals surface area contributed by atoms with Gasteiger partial charge < -0.3 is 14.8 Å². The molecule has 6 heteroatoms. The molecule has 0 aliphatic carbocycles. The van der Waals surface area contributed by atoms with E-state index in [4.69, 9.17) is 9.47 Å². The molecule has 0 aromatic heterocycles. The molecule has 1 amide bonds. The summed E-state index contributed by atoms with van der Waals surface area (Å²) >= 11 is 2.02. The predicted molar refractivity (Wildman–Crippen MR) is 120 cm³/mol. The number of methoxy groups -OCH3 is 2. The molecule has 1 heterocycles. The van der Waals surface area contributed by atoms with Crippen LogP contribution in [0.3, 0.4) is 0 Å². The van der Waals surface area contributed by atoms with E-state index in [9.17, 15) is 4.79 Å². The Labute approximate surface area is 177 Å². The number of anilines is 1. The van der Waals surface area contributed by atoms with Crippen LogP contribution in [0, 0.1) is 6.92 Å². The zero-order valence-corrected chi connectivity index (χ0v) is 18.3. The van der Waals surface area contributed by atoms with Crippen LogP contribution in [0.15, 0.2) is 36.4 Å². The van der Waals surface area contributed by atoms with Crippen molar-refractivity contribution in [3.05, 3.63) is 53.1 Å². The maximum Gasteiger partial charge on any atom is 0.224 e. The SMILES string of the molecule is COc1cccc(CCC(=O)Nc2cc(CN3CCSCC3)ccc2C)c1OC. The van der Waals surface area contributed by atoms with E-state index in [0.29, 0.717) is 24.3 Å². The fraction of sp³-hybridized carbons (Fsp3) is 0.435. The van der Waals surface area contributed by atoms with Gasteiger partial charge in [-0.15, -0.1) is 0 Å². The van der Waals surface area contributed by atoms with E-state index in [2.05, 4.69) is 28.4 Å². The van der Waals surface area contributed by atoms with Gasteiger partial charge in [0.2, 0.25) is 5.91 Å². The smallest absolute Gasteiger partial charge is 0.224 e. The molecule has 0 atom stereocenters. The van der Waals surface area contributed by atoms with Crippen molar-refractivity contribution in [2.75, 3.05) is 44.1 Å². The largest absolute Gasteiger partial charge is 0.493 e. The zero-order chi connectivity index (χ0) is 20.6. The first-order valence-corrected chi connectivity index (χ1v) is 11.2. The standard InChI is InChI=1S/C23H30N2O3S/c1-17-7-8-18(16-25-11-13-29-14-12-25)15-20(17)24-22(26)10-9-19-5-4-6-21(27-2)23(19)28-3/h4-8,15H,9-14,16H2,1-3H3,(H,24,26). The fourth-order valence-electron chi connectivity index (χ4n) is 3.53. The summed E-state index contributed by atoms with van der Waals surface area (Å²) < 4.78 is 10.8. The lowest BCUT2D eigenvalue weighted by molar-refractivity contribution is -0.116. The van der Waals surface area contributed by atoms with Gasteiger partial charge in [0.1, 0.15) is 0 Å². The van der Waals surface area contributed by atoms with Gasteiger partial charge in [-0.05, 0) is 42.2 Å². The number of carbonyl (C=O) groups excluding carboxylic acids is 1. The maximum atomic E-state index is 12.6. The highest BCUT2D eigenvalue weighted by Crippen LogP contribution is 2.31. The number of hydrogen-bond donors (Lipinski definition) is 1. The molecule has 0 bridgehead atoms. The van der Waals surface area contributed by atoms with E-state index >= 15 is 0 Å². The summed E-state index contributed by atoms with van der Waals surface area (Å²) in [6, 6.07) is 12.1. The Kier molecular flexibility index (Phi) is 7.83. The predicted octanol–water partition coefficient (Wildman–Crippen LogP) is 4.13. The number of aryl methyl sites for hydroxylation is 2. The third-order valence-corrected chi connectivity index (χ3v) is 6.13. The summed E-state index contributed by atoms with van der Waals surface area (Å²) in [5, 5.41) is 3.09. The van der Waals surface area contributed by atoms with E-state index in [1.165, 1.54) is 17.1 Å². The minimum Gasteiger partial charge on any atom is -0.493 e. The van der Waals surface area contributed by atoms with Gasteiger partial charge in [-0.3, -0.25) is 9.69 Å². The highest BCUT2D eigenvalue weighted by Gasteiger charge is 2.14. The van der Waals surface area contributed by atoms with E-state index in [1.54, 1.807) is 14.2 Å². The summed E-state index contributed by atoms with van der Waals surface area (Å²) in [6.07, 6.45) is 0.979. The second kappa shape index (κ2) is 10.6. The van der Waals surface area contributed by atoms with Crippen molar-refractivity contribution in [1.82, 2.24) is 4.90 Å². The van der Waals surface area contributed by atoms with Crippen LogP contribution < -0.4 is 14.8 Å². The number of hydrogen-bond acceptors (Lipinski definition) is 5. The normalized spacial score (nSPS) is 14.4. The van der Waals surface area contributed by atoms with Crippen LogP contribution in [0.25, 0.3) is 0 Å². The lowest BCUT2D eigenvalue weighted by Gasteiger charge is -2.26.